The highest BCUT2D eigenvalue weighted by Gasteiger charge is 2.69. The molecule has 7 aliphatic rings. The standard InChI is InChI=1S/C29H49BN2S/c1-2-9-20(10-3-1)30-24-13-6-4-11-21(24)29(23-19-31-18-16-25(23)30)22-12-5-7-14-26(22)33-27-15-8-17-32-28(27)29/h20-28,31-32H,1-19H2. The van der Waals surface area contributed by atoms with Gasteiger partial charge in [-0.3, -0.25) is 0 Å². The maximum Gasteiger partial charge on any atom is 0.150 e. The molecule has 0 amide bonds. The summed E-state index contributed by atoms with van der Waals surface area (Å²) in [4.78, 5) is 0. The van der Waals surface area contributed by atoms with Crippen molar-refractivity contribution in [1.82, 2.24) is 10.6 Å². The van der Waals surface area contributed by atoms with Gasteiger partial charge in [-0.2, -0.15) is 11.8 Å². The molecule has 0 aromatic heterocycles. The number of nitrogens with one attached hydrogen (secondary N) is 2. The van der Waals surface area contributed by atoms with Gasteiger partial charge in [0.05, 0.1) is 0 Å². The zero-order chi connectivity index (χ0) is 21.8. The molecule has 3 saturated carbocycles. The van der Waals surface area contributed by atoms with Gasteiger partial charge in [0.2, 0.25) is 0 Å². The Morgan fingerprint density at radius 3 is 2.24 bits per heavy atom. The third-order valence-corrected chi connectivity index (χ3v) is 14.2. The molecular formula is C29H49BN2S. The summed E-state index contributed by atoms with van der Waals surface area (Å²) in [6.07, 6.45) is 24.5. The first kappa shape index (κ1) is 22.5. The molecule has 7 fully saturated rings. The first-order chi connectivity index (χ1) is 16.4. The monoisotopic (exact) mass is 468 g/mol. The highest BCUT2D eigenvalue weighted by Crippen LogP contribution is 2.72. The quantitative estimate of drug-likeness (QED) is 0.415. The lowest BCUT2D eigenvalue weighted by atomic mass is 9.16. The fourth-order valence-corrected chi connectivity index (χ4v) is 13.8. The second-order valence-corrected chi connectivity index (χ2v) is 15.0. The normalized spacial score (nSPS) is 50.7. The van der Waals surface area contributed by atoms with Gasteiger partial charge in [0.15, 0.2) is 0 Å². The summed E-state index contributed by atoms with van der Waals surface area (Å²) >= 11 is 2.49. The average molecular weight is 469 g/mol. The summed E-state index contributed by atoms with van der Waals surface area (Å²) in [7, 11) is 0. The van der Waals surface area contributed by atoms with Gasteiger partial charge >= 0.3 is 0 Å². The van der Waals surface area contributed by atoms with Crippen LogP contribution in [0.25, 0.3) is 0 Å². The lowest BCUT2D eigenvalue weighted by molar-refractivity contribution is -0.0923. The third kappa shape index (κ3) is 3.49. The van der Waals surface area contributed by atoms with Crippen molar-refractivity contribution in [2.24, 2.45) is 23.2 Å². The first-order valence-electron chi connectivity index (χ1n) is 15.5. The molecule has 2 nitrogen and oxygen atoms in total. The number of thioether (sulfide) groups is 1. The Morgan fingerprint density at radius 2 is 1.33 bits per heavy atom. The summed E-state index contributed by atoms with van der Waals surface area (Å²) in [5.74, 6) is 6.17. The van der Waals surface area contributed by atoms with Crippen LogP contribution in [-0.4, -0.2) is 42.9 Å². The van der Waals surface area contributed by atoms with E-state index in [-0.39, 0.29) is 0 Å². The molecule has 9 unspecified atom stereocenters. The van der Waals surface area contributed by atoms with Crippen LogP contribution in [0.4, 0.5) is 0 Å². The molecule has 1 spiro atoms. The molecule has 0 radical (unpaired) electrons. The van der Waals surface area contributed by atoms with Crippen LogP contribution in [0.1, 0.15) is 103 Å². The number of rotatable bonds is 1. The average Bonchev–Trinajstić information content (AvgIpc) is 2.89. The van der Waals surface area contributed by atoms with Crippen molar-refractivity contribution in [2.45, 2.75) is 137 Å². The molecule has 4 heteroatoms. The predicted octanol–water partition coefficient (Wildman–Crippen LogP) is 6.78. The maximum atomic E-state index is 4.33. The molecule has 184 valence electrons. The zero-order valence-electron chi connectivity index (χ0n) is 21.1. The zero-order valence-corrected chi connectivity index (χ0v) is 21.9. The van der Waals surface area contributed by atoms with Gasteiger partial charge in [-0.25, -0.2) is 0 Å². The van der Waals surface area contributed by atoms with Gasteiger partial charge in [-0.05, 0) is 74.9 Å². The van der Waals surface area contributed by atoms with E-state index in [1.807, 2.05) is 0 Å². The third-order valence-electron chi connectivity index (χ3n) is 12.5. The molecular weight excluding hydrogens is 419 g/mol. The Kier molecular flexibility index (Phi) is 6.37. The molecule has 3 aliphatic carbocycles. The lowest BCUT2D eigenvalue weighted by Gasteiger charge is -2.71. The predicted molar refractivity (Wildman–Crippen MR) is 144 cm³/mol. The summed E-state index contributed by atoms with van der Waals surface area (Å²) < 4.78 is 0. The van der Waals surface area contributed by atoms with E-state index < -0.39 is 0 Å². The fourth-order valence-electron chi connectivity index (χ4n) is 11.7. The van der Waals surface area contributed by atoms with E-state index >= 15 is 0 Å². The maximum absolute atomic E-state index is 4.33. The Bertz CT molecular complexity index is 647. The summed E-state index contributed by atoms with van der Waals surface area (Å²) in [5.41, 5.74) is 0.607. The highest BCUT2D eigenvalue weighted by atomic mass is 32.2. The lowest BCUT2D eigenvalue weighted by Crippen LogP contribution is -2.74. The van der Waals surface area contributed by atoms with E-state index in [2.05, 4.69) is 22.4 Å². The number of fused-ring (bicyclic) bond motifs is 8. The van der Waals surface area contributed by atoms with Gasteiger partial charge in [0.1, 0.15) is 6.71 Å². The minimum Gasteiger partial charge on any atom is -0.316 e. The smallest absolute Gasteiger partial charge is 0.150 e. The van der Waals surface area contributed by atoms with Crippen molar-refractivity contribution in [3.8, 4) is 0 Å². The van der Waals surface area contributed by atoms with E-state index in [9.17, 15) is 0 Å². The van der Waals surface area contributed by atoms with Crippen molar-refractivity contribution in [3.05, 3.63) is 0 Å². The minimum absolute atomic E-state index is 0.607. The minimum atomic E-state index is 0.607. The van der Waals surface area contributed by atoms with Crippen LogP contribution in [-0.2, 0) is 0 Å². The Hall–Kier alpha value is 0.335. The summed E-state index contributed by atoms with van der Waals surface area (Å²) in [6, 6.07) is 0.820. The van der Waals surface area contributed by atoms with Crippen molar-refractivity contribution >= 4 is 18.5 Å². The van der Waals surface area contributed by atoms with Crippen LogP contribution in [0, 0.1) is 23.2 Å². The van der Waals surface area contributed by atoms with Crippen LogP contribution in [0.3, 0.4) is 0 Å². The van der Waals surface area contributed by atoms with Gasteiger partial charge in [0.25, 0.3) is 0 Å². The molecule has 0 aromatic carbocycles. The van der Waals surface area contributed by atoms with Crippen molar-refractivity contribution in [1.29, 1.82) is 0 Å². The number of hydrogen-bond acceptors (Lipinski definition) is 3. The summed E-state index contributed by atoms with van der Waals surface area (Å²) in [6.45, 7) is 5.04. The van der Waals surface area contributed by atoms with Gasteiger partial charge in [0, 0.05) is 16.5 Å². The van der Waals surface area contributed by atoms with Crippen LogP contribution in [0.15, 0.2) is 0 Å². The van der Waals surface area contributed by atoms with Gasteiger partial charge in [-0.15, -0.1) is 0 Å². The van der Waals surface area contributed by atoms with E-state index in [1.54, 1.807) is 38.5 Å². The SMILES string of the molecule is C1CCC(B2C3CCCCC3C3(C4CCCCC4SC4CCCNC43)C3CNCCC23)CC1. The van der Waals surface area contributed by atoms with Crippen LogP contribution < -0.4 is 10.6 Å². The molecule has 33 heavy (non-hydrogen) atoms. The molecule has 9 atom stereocenters. The Balaban J connectivity index is 1.36. The topological polar surface area (TPSA) is 24.1 Å². The number of hydrogen-bond donors (Lipinski definition) is 2. The Labute approximate surface area is 208 Å². The van der Waals surface area contributed by atoms with E-state index in [1.165, 1.54) is 83.8 Å². The molecule has 4 aliphatic heterocycles. The molecule has 4 saturated heterocycles. The van der Waals surface area contributed by atoms with E-state index in [0.717, 1.165) is 58.5 Å². The molecule has 4 heterocycles. The Morgan fingerprint density at radius 1 is 0.606 bits per heavy atom. The fraction of sp³-hybridized carbons (Fsp3) is 1.00. The van der Waals surface area contributed by atoms with Crippen molar-refractivity contribution in [2.75, 3.05) is 19.6 Å². The van der Waals surface area contributed by atoms with Gasteiger partial charge < -0.3 is 10.6 Å². The van der Waals surface area contributed by atoms with Crippen LogP contribution >= 0.6 is 11.8 Å². The second-order valence-electron chi connectivity index (χ2n) is 13.5. The second kappa shape index (κ2) is 9.33. The van der Waals surface area contributed by atoms with E-state index in [0.29, 0.717) is 5.41 Å². The summed E-state index contributed by atoms with van der Waals surface area (Å²) in [5, 5.41) is 10.3. The molecule has 7 rings (SSSR count). The van der Waals surface area contributed by atoms with Crippen molar-refractivity contribution in [3.63, 3.8) is 0 Å². The van der Waals surface area contributed by atoms with E-state index in [4.69, 9.17) is 0 Å². The van der Waals surface area contributed by atoms with Crippen LogP contribution in [0.2, 0.25) is 17.5 Å². The van der Waals surface area contributed by atoms with Crippen LogP contribution in [0.5, 0.6) is 0 Å². The number of piperidine rings is 2. The first-order valence-corrected chi connectivity index (χ1v) is 16.4. The van der Waals surface area contributed by atoms with Crippen molar-refractivity contribution < 1.29 is 0 Å². The highest BCUT2D eigenvalue weighted by molar-refractivity contribution is 8.00. The molecule has 0 aromatic rings. The van der Waals surface area contributed by atoms with Gasteiger partial charge in [-0.1, -0.05) is 88.1 Å². The molecule has 2 N–H and O–H groups in total. The molecule has 0 bridgehead atoms. The largest absolute Gasteiger partial charge is 0.316 e.